The van der Waals surface area contributed by atoms with Crippen molar-refractivity contribution in [2.24, 2.45) is 0 Å². The summed E-state index contributed by atoms with van der Waals surface area (Å²) in [6.45, 7) is 0.387. The van der Waals surface area contributed by atoms with Gasteiger partial charge in [0.15, 0.2) is 5.69 Å². The third-order valence-corrected chi connectivity index (χ3v) is 5.84. The fourth-order valence-corrected chi connectivity index (χ4v) is 4.27. The van der Waals surface area contributed by atoms with Gasteiger partial charge in [-0.25, -0.2) is 4.98 Å². The predicted octanol–water partition coefficient (Wildman–Crippen LogP) is 6.66. The maximum absolute atomic E-state index is 13.2. The zero-order chi connectivity index (χ0) is 20.8. The van der Waals surface area contributed by atoms with E-state index in [9.17, 15) is 4.79 Å². The lowest BCUT2D eigenvalue weighted by Crippen LogP contribution is -2.24. The number of carbonyl (C=O) groups is 1. The van der Waals surface area contributed by atoms with Crippen molar-refractivity contribution in [3.05, 3.63) is 99.3 Å². The van der Waals surface area contributed by atoms with Crippen molar-refractivity contribution in [3.63, 3.8) is 0 Å². The molecule has 0 aliphatic carbocycles. The zero-order valence-electron chi connectivity index (χ0n) is 15.5. The number of hydrogen-bond donors (Lipinski definition) is 0. The van der Waals surface area contributed by atoms with Crippen LogP contribution < -0.4 is 4.90 Å². The molecule has 3 aromatic carbocycles. The Morgan fingerprint density at radius 1 is 0.833 bits per heavy atom. The molecule has 2 heterocycles. The van der Waals surface area contributed by atoms with Gasteiger partial charge in [-0.1, -0.05) is 53.0 Å². The monoisotopic (exact) mass is 453 g/mol. The highest BCUT2D eigenvalue weighted by atomic mass is 35.5. The average Bonchev–Trinajstić information content (AvgIpc) is 3.26. The minimum absolute atomic E-state index is 0.143. The summed E-state index contributed by atoms with van der Waals surface area (Å²) < 4.78 is 1.93. The summed E-state index contributed by atoms with van der Waals surface area (Å²) in [5.41, 5.74) is 3.55. The number of para-hydroxylation sites is 1. The molecule has 1 aliphatic rings. The standard InChI is InChI=1S/C23H14Cl3N3O/c24-15-8-6-14(7-9-15)22-27-21-20(29(22)19-11-10-16(25)12-18(19)26)13-28(23(21)30)17-4-2-1-3-5-17/h1-12H,13H2. The Morgan fingerprint density at radius 3 is 2.23 bits per heavy atom. The van der Waals surface area contributed by atoms with Crippen LogP contribution in [-0.4, -0.2) is 15.5 Å². The van der Waals surface area contributed by atoms with Crippen molar-refractivity contribution in [2.75, 3.05) is 4.90 Å². The Morgan fingerprint density at radius 2 is 1.53 bits per heavy atom. The molecule has 0 unspecified atom stereocenters. The second-order valence-corrected chi connectivity index (χ2v) is 8.18. The second-order valence-electron chi connectivity index (χ2n) is 6.90. The van der Waals surface area contributed by atoms with Gasteiger partial charge in [0.1, 0.15) is 5.82 Å². The topological polar surface area (TPSA) is 38.1 Å². The zero-order valence-corrected chi connectivity index (χ0v) is 17.8. The number of aromatic nitrogens is 2. The quantitative estimate of drug-likeness (QED) is 0.347. The number of halogens is 3. The summed E-state index contributed by atoms with van der Waals surface area (Å²) in [6.07, 6.45) is 0. The Kier molecular flexibility index (Phi) is 4.78. The lowest BCUT2D eigenvalue weighted by atomic mass is 10.2. The molecule has 148 valence electrons. The van der Waals surface area contributed by atoms with E-state index in [1.54, 1.807) is 29.2 Å². The molecule has 7 heteroatoms. The smallest absolute Gasteiger partial charge is 0.279 e. The minimum atomic E-state index is -0.143. The molecule has 0 N–H and O–H groups in total. The van der Waals surface area contributed by atoms with Crippen LogP contribution in [0.25, 0.3) is 17.1 Å². The number of carbonyl (C=O) groups excluding carboxylic acids is 1. The Bertz CT molecular complexity index is 1270. The number of imidazole rings is 1. The number of rotatable bonds is 3. The maximum Gasteiger partial charge on any atom is 0.279 e. The first-order valence-electron chi connectivity index (χ1n) is 9.23. The molecule has 0 atom stereocenters. The molecule has 0 bridgehead atoms. The number of hydrogen-bond acceptors (Lipinski definition) is 2. The lowest BCUT2D eigenvalue weighted by Gasteiger charge is -2.18. The largest absolute Gasteiger partial charge is 0.301 e. The number of anilines is 1. The number of benzene rings is 3. The van der Waals surface area contributed by atoms with Gasteiger partial charge in [0.25, 0.3) is 5.91 Å². The van der Waals surface area contributed by atoms with E-state index in [-0.39, 0.29) is 5.91 Å². The van der Waals surface area contributed by atoms with E-state index in [4.69, 9.17) is 39.8 Å². The summed E-state index contributed by atoms with van der Waals surface area (Å²) >= 11 is 18.7. The Balaban J connectivity index is 1.71. The van der Waals surface area contributed by atoms with E-state index in [1.165, 1.54) is 0 Å². The molecule has 0 radical (unpaired) electrons. The van der Waals surface area contributed by atoms with Crippen LogP contribution in [0.3, 0.4) is 0 Å². The van der Waals surface area contributed by atoms with Gasteiger partial charge in [-0.05, 0) is 54.6 Å². The first kappa shape index (κ1) is 19.2. The van der Waals surface area contributed by atoms with Crippen molar-refractivity contribution < 1.29 is 4.79 Å². The van der Waals surface area contributed by atoms with E-state index in [0.717, 1.165) is 16.9 Å². The minimum Gasteiger partial charge on any atom is -0.301 e. The SMILES string of the molecule is O=C1c2nc(-c3ccc(Cl)cc3)n(-c3ccc(Cl)cc3Cl)c2CN1c1ccccc1. The summed E-state index contributed by atoms with van der Waals surface area (Å²) in [7, 11) is 0. The molecule has 1 aliphatic heterocycles. The molecule has 30 heavy (non-hydrogen) atoms. The van der Waals surface area contributed by atoms with E-state index >= 15 is 0 Å². The summed E-state index contributed by atoms with van der Waals surface area (Å²) in [6, 6.07) is 22.2. The molecule has 4 aromatic rings. The van der Waals surface area contributed by atoms with Crippen LogP contribution in [-0.2, 0) is 6.54 Å². The fourth-order valence-electron chi connectivity index (χ4n) is 3.65. The number of nitrogens with zero attached hydrogens (tertiary/aromatic N) is 3. The van der Waals surface area contributed by atoms with Gasteiger partial charge in [0.05, 0.1) is 22.9 Å². The van der Waals surface area contributed by atoms with E-state index in [1.807, 2.05) is 53.1 Å². The van der Waals surface area contributed by atoms with Gasteiger partial charge in [-0.15, -0.1) is 0 Å². The van der Waals surface area contributed by atoms with Crippen molar-refractivity contribution in [1.29, 1.82) is 0 Å². The number of fused-ring (bicyclic) bond motifs is 1. The predicted molar refractivity (Wildman–Crippen MR) is 121 cm³/mol. The van der Waals surface area contributed by atoms with Gasteiger partial charge >= 0.3 is 0 Å². The molecule has 4 nitrogen and oxygen atoms in total. The lowest BCUT2D eigenvalue weighted by molar-refractivity contribution is 0.0992. The molecule has 0 fully saturated rings. The normalized spacial score (nSPS) is 13.0. The van der Waals surface area contributed by atoms with Crippen LogP contribution >= 0.6 is 34.8 Å². The highest BCUT2D eigenvalue weighted by Crippen LogP contribution is 2.37. The first-order valence-corrected chi connectivity index (χ1v) is 10.4. The average molecular weight is 455 g/mol. The summed E-state index contributed by atoms with van der Waals surface area (Å²) in [5, 5.41) is 1.64. The molecule has 1 aromatic heterocycles. The van der Waals surface area contributed by atoms with Gasteiger partial charge in [-0.2, -0.15) is 0 Å². The molecule has 1 amide bonds. The van der Waals surface area contributed by atoms with Crippen molar-refractivity contribution in [3.8, 4) is 17.1 Å². The van der Waals surface area contributed by atoms with Gasteiger partial charge in [-0.3, -0.25) is 9.36 Å². The van der Waals surface area contributed by atoms with Crippen molar-refractivity contribution in [1.82, 2.24) is 9.55 Å². The highest BCUT2D eigenvalue weighted by molar-refractivity contribution is 6.35. The first-order chi connectivity index (χ1) is 14.5. The third-order valence-electron chi connectivity index (χ3n) is 5.05. The van der Waals surface area contributed by atoms with Crippen LogP contribution in [0.5, 0.6) is 0 Å². The highest BCUT2D eigenvalue weighted by Gasteiger charge is 2.36. The van der Waals surface area contributed by atoms with Crippen LogP contribution in [0.2, 0.25) is 15.1 Å². The van der Waals surface area contributed by atoms with Crippen LogP contribution in [0.4, 0.5) is 5.69 Å². The van der Waals surface area contributed by atoms with Crippen LogP contribution in [0, 0.1) is 0 Å². The van der Waals surface area contributed by atoms with E-state index in [2.05, 4.69) is 0 Å². The van der Waals surface area contributed by atoms with Crippen molar-refractivity contribution in [2.45, 2.75) is 6.54 Å². The molecule has 0 saturated heterocycles. The maximum atomic E-state index is 13.2. The fraction of sp³-hybridized carbons (Fsp3) is 0.0435. The van der Waals surface area contributed by atoms with Gasteiger partial charge in [0, 0.05) is 21.3 Å². The molecular formula is C23H14Cl3N3O. The second kappa shape index (κ2) is 7.47. The summed E-state index contributed by atoms with van der Waals surface area (Å²) in [4.78, 5) is 19.6. The third kappa shape index (κ3) is 3.18. The molecule has 0 saturated carbocycles. The van der Waals surface area contributed by atoms with Crippen LogP contribution in [0.1, 0.15) is 16.2 Å². The number of amides is 1. The Labute approximate surface area is 188 Å². The van der Waals surface area contributed by atoms with E-state index < -0.39 is 0 Å². The molecule has 0 spiro atoms. The molecular weight excluding hydrogens is 441 g/mol. The summed E-state index contributed by atoms with van der Waals surface area (Å²) in [5.74, 6) is 0.484. The van der Waals surface area contributed by atoms with Gasteiger partial charge < -0.3 is 4.90 Å². The van der Waals surface area contributed by atoms with Gasteiger partial charge in [0.2, 0.25) is 0 Å². The van der Waals surface area contributed by atoms with Crippen LogP contribution in [0.15, 0.2) is 72.8 Å². The Hall–Kier alpha value is -2.79. The molecule has 5 rings (SSSR count). The van der Waals surface area contributed by atoms with E-state index in [0.29, 0.717) is 38.8 Å². The van der Waals surface area contributed by atoms with Crippen molar-refractivity contribution >= 4 is 46.4 Å².